The number of nitrogens with one attached hydrogen (secondary N) is 1. The van der Waals surface area contributed by atoms with Gasteiger partial charge in [-0.25, -0.2) is 4.39 Å². The minimum atomic E-state index is -1.81. The third-order valence-corrected chi connectivity index (χ3v) is 4.66. The maximum absolute atomic E-state index is 13.3. The monoisotopic (exact) mass is 340 g/mol. The summed E-state index contributed by atoms with van der Waals surface area (Å²) in [5, 5.41) is 37.6. The van der Waals surface area contributed by atoms with Crippen LogP contribution in [0, 0.1) is 56.6 Å². The summed E-state index contributed by atoms with van der Waals surface area (Å²) in [6.07, 6.45) is 1.70. The molecule has 0 spiro atoms. The summed E-state index contributed by atoms with van der Waals surface area (Å²) >= 11 is 0. The molecule has 124 valence electrons. The van der Waals surface area contributed by atoms with Crippen molar-refractivity contribution in [2.45, 2.75) is 5.92 Å². The fraction of sp³-hybridized carbons (Fsp3) is 0.143. The Morgan fingerprint density at radius 1 is 0.923 bits per heavy atom. The molecule has 2 aromatic rings. The summed E-state index contributed by atoms with van der Waals surface area (Å²) in [6, 6.07) is 20.6. The van der Waals surface area contributed by atoms with Gasteiger partial charge in [0.1, 0.15) is 11.7 Å². The Morgan fingerprint density at radius 2 is 1.54 bits per heavy atom. The molecule has 0 bridgehead atoms. The largest absolute Gasteiger partial charge is 0.305 e. The SMILES string of the molecule is N#CC1C(=N)C(C#N)(C#N)[C@@H](c2ccc(F)cc2)C=C1c1ccccc1. The van der Waals surface area contributed by atoms with Crippen LogP contribution in [0.25, 0.3) is 5.57 Å². The topological polar surface area (TPSA) is 95.2 Å². The zero-order chi connectivity index (χ0) is 18.7. The van der Waals surface area contributed by atoms with Gasteiger partial charge in [0.2, 0.25) is 0 Å². The highest BCUT2D eigenvalue weighted by atomic mass is 19.1. The standard InChI is InChI=1S/C21H13FN4/c22-16-8-6-15(7-9-16)19-10-17(14-4-2-1-3-5-14)18(11-23)20(26)21(19,12-24)13-25/h1-10,18-19,26H/t18?,19-/m1/s1. The van der Waals surface area contributed by atoms with Crippen LogP contribution in [-0.2, 0) is 0 Å². The maximum Gasteiger partial charge on any atom is 0.192 e. The van der Waals surface area contributed by atoms with E-state index in [-0.39, 0.29) is 5.71 Å². The van der Waals surface area contributed by atoms with Crippen LogP contribution in [0.1, 0.15) is 17.0 Å². The Kier molecular flexibility index (Phi) is 4.36. The van der Waals surface area contributed by atoms with Crippen molar-refractivity contribution in [2.75, 3.05) is 0 Å². The Morgan fingerprint density at radius 3 is 2.08 bits per heavy atom. The van der Waals surface area contributed by atoms with E-state index in [1.54, 1.807) is 6.08 Å². The van der Waals surface area contributed by atoms with Gasteiger partial charge in [-0.3, -0.25) is 0 Å². The number of rotatable bonds is 2. The Labute approximate surface area is 150 Å². The molecular formula is C21H13FN4. The molecule has 2 aromatic carbocycles. The number of hydrogen-bond donors (Lipinski definition) is 1. The van der Waals surface area contributed by atoms with Crippen LogP contribution >= 0.6 is 0 Å². The molecule has 0 aliphatic heterocycles. The number of halogens is 1. The van der Waals surface area contributed by atoms with Gasteiger partial charge in [0.15, 0.2) is 5.41 Å². The molecule has 26 heavy (non-hydrogen) atoms. The molecule has 0 saturated heterocycles. The quantitative estimate of drug-likeness (QED) is 0.887. The second kappa shape index (κ2) is 6.63. The first kappa shape index (κ1) is 17.1. The molecule has 4 nitrogen and oxygen atoms in total. The van der Waals surface area contributed by atoms with Crippen molar-refractivity contribution in [1.82, 2.24) is 0 Å². The molecule has 0 amide bonds. The molecule has 0 radical (unpaired) electrons. The molecule has 0 fully saturated rings. The van der Waals surface area contributed by atoms with E-state index in [9.17, 15) is 20.2 Å². The van der Waals surface area contributed by atoms with Gasteiger partial charge >= 0.3 is 0 Å². The minimum absolute atomic E-state index is 0.249. The van der Waals surface area contributed by atoms with Gasteiger partial charge in [0, 0.05) is 5.92 Å². The fourth-order valence-corrected chi connectivity index (χ4v) is 3.28. The lowest BCUT2D eigenvalue weighted by Crippen LogP contribution is -2.41. The average Bonchev–Trinajstić information content (AvgIpc) is 2.69. The first-order chi connectivity index (χ1) is 12.6. The van der Waals surface area contributed by atoms with Crippen molar-refractivity contribution in [3.8, 4) is 18.2 Å². The number of benzene rings is 2. The molecule has 2 atom stereocenters. The van der Waals surface area contributed by atoms with Gasteiger partial charge in [-0.2, -0.15) is 15.8 Å². The van der Waals surface area contributed by atoms with Crippen molar-refractivity contribution in [3.63, 3.8) is 0 Å². The predicted molar refractivity (Wildman–Crippen MR) is 94.0 cm³/mol. The van der Waals surface area contributed by atoms with E-state index in [0.717, 1.165) is 5.56 Å². The van der Waals surface area contributed by atoms with E-state index in [1.165, 1.54) is 24.3 Å². The number of nitriles is 3. The summed E-state index contributed by atoms with van der Waals surface area (Å²) in [5.41, 5.74) is -0.185. The first-order valence-electron chi connectivity index (χ1n) is 7.91. The smallest absolute Gasteiger partial charge is 0.192 e. The van der Waals surface area contributed by atoms with Crippen molar-refractivity contribution in [2.24, 2.45) is 11.3 Å². The van der Waals surface area contributed by atoms with Gasteiger partial charge in [-0.1, -0.05) is 48.5 Å². The summed E-state index contributed by atoms with van der Waals surface area (Å²) < 4.78 is 13.3. The van der Waals surface area contributed by atoms with Gasteiger partial charge in [-0.15, -0.1) is 0 Å². The molecule has 1 aliphatic carbocycles. The third-order valence-electron chi connectivity index (χ3n) is 4.66. The van der Waals surface area contributed by atoms with E-state index in [4.69, 9.17) is 5.41 Å². The maximum atomic E-state index is 13.3. The zero-order valence-electron chi connectivity index (χ0n) is 13.6. The van der Waals surface area contributed by atoms with Crippen molar-refractivity contribution >= 4 is 11.3 Å². The number of nitrogens with zero attached hydrogens (tertiary/aromatic N) is 3. The molecular weight excluding hydrogens is 327 g/mol. The van der Waals surface area contributed by atoms with Crippen LogP contribution in [0.4, 0.5) is 4.39 Å². The number of hydrogen-bond acceptors (Lipinski definition) is 4. The van der Waals surface area contributed by atoms with E-state index in [1.807, 2.05) is 42.5 Å². The van der Waals surface area contributed by atoms with Crippen LogP contribution in [-0.4, -0.2) is 5.71 Å². The van der Waals surface area contributed by atoms with E-state index in [0.29, 0.717) is 11.1 Å². The van der Waals surface area contributed by atoms with Crippen molar-refractivity contribution in [3.05, 3.63) is 77.6 Å². The van der Waals surface area contributed by atoms with Crippen molar-refractivity contribution in [1.29, 1.82) is 21.2 Å². The lowest BCUT2D eigenvalue weighted by atomic mass is 9.61. The summed E-state index contributed by atoms with van der Waals surface area (Å²) in [4.78, 5) is 0. The highest BCUT2D eigenvalue weighted by Crippen LogP contribution is 2.47. The normalized spacial score (nSPS) is 21.0. The van der Waals surface area contributed by atoms with Crippen LogP contribution in [0.2, 0.25) is 0 Å². The lowest BCUT2D eigenvalue weighted by molar-refractivity contribution is 0.585. The second-order valence-electron chi connectivity index (χ2n) is 6.02. The average molecular weight is 340 g/mol. The molecule has 1 N–H and O–H groups in total. The Hall–Kier alpha value is -3.75. The predicted octanol–water partition coefficient (Wildman–Crippen LogP) is 4.20. The summed E-state index contributed by atoms with van der Waals surface area (Å²) in [6.45, 7) is 0. The molecule has 3 rings (SSSR count). The lowest BCUT2D eigenvalue weighted by Gasteiger charge is -2.36. The molecule has 1 unspecified atom stereocenters. The van der Waals surface area contributed by atoms with Gasteiger partial charge < -0.3 is 5.41 Å². The summed E-state index contributed by atoms with van der Waals surface area (Å²) in [7, 11) is 0. The Balaban J connectivity index is 2.28. The fourth-order valence-electron chi connectivity index (χ4n) is 3.28. The van der Waals surface area contributed by atoms with Crippen LogP contribution in [0.3, 0.4) is 0 Å². The Bertz CT molecular complexity index is 987. The van der Waals surface area contributed by atoms with E-state index < -0.39 is 23.1 Å². The molecule has 1 aliphatic rings. The minimum Gasteiger partial charge on any atom is -0.305 e. The first-order valence-corrected chi connectivity index (χ1v) is 7.91. The van der Waals surface area contributed by atoms with E-state index in [2.05, 4.69) is 6.07 Å². The number of allylic oxidation sites excluding steroid dienone is 2. The summed E-state index contributed by atoms with van der Waals surface area (Å²) in [5.74, 6) is -2.19. The zero-order valence-corrected chi connectivity index (χ0v) is 13.6. The second-order valence-corrected chi connectivity index (χ2v) is 6.02. The van der Waals surface area contributed by atoms with Crippen LogP contribution in [0.15, 0.2) is 60.7 Å². The molecule has 0 heterocycles. The highest BCUT2D eigenvalue weighted by Gasteiger charge is 2.51. The van der Waals surface area contributed by atoms with Crippen LogP contribution < -0.4 is 0 Å². The molecule has 5 heteroatoms. The third kappa shape index (κ3) is 2.55. The highest BCUT2D eigenvalue weighted by molar-refractivity contribution is 6.07. The van der Waals surface area contributed by atoms with Crippen molar-refractivity contribution < 1.29 is 4.39 Å². The van der Waals surface area contributed by atoms with Crippen LogP contribution in [0.5, 0.6) is 0 Å². The van der Waals surface area contributed by atoms with Gasteiger partial charge in [0.05, 0.1) is 23.9 Å². The molecule has 0 aromatic heterocycles. The van der Waals surface area contributed by atoms with E-state index >= 15 is 0 Å². The van der Waals surface area contributed by atoms with Gasteiger partial charge in [0.25, 0.3) is 0 Å². The molecule has 0 saturated carbocycles. The van der Waals surface area contributed by atoms with Gasteiger partial charge in [-0.05, 0) is 28.8 Å².